The van der Waals surface area contributed by atoms with Gasteiger partial charge in [0.25, 0.3) is 0 Å². The maximum atomic E-state index is 13.0. The maximum absolute atomic E-state index is 13.0. The Bertz CT molecular complexity index is 638. The Hall–Kier alpha value is -0.980. The highest BCUT2D eigenvalue weighted by atomic mass is 127. The zero-order chi connectivity index (χ0) is 16.2. The summed E-state index contributed by atoms with van der Waals surface area (Å²) in [6.45, 7) is 2.96. The van der Waals surface area contributed by atoms with Crippen molar-refractivity contribution in [3.63, 3.8) is 0 Å². The van der Waals surface area contributed by atoms with Gasteiger partial charge < -0.3 is 5.11 Å². The second kappa shape index (κ2) is 7.73. The van der Waals surface area contributed by atoms with Crippen LogP contribution in [0.25, 0.3) is 0 Å². The fourth-order valence-electron chi connectivity index (χ4n) is 3.25. The molecule has 1 atom stereocenters. The van der Waals surface area contributed by atoms with Crippen LogP contribution in [0.15, 0.2) is 48.5 Å². The monoisotopic (exact) mass is 425 g/mol. The smallest absolute Gasteiger partial charge is 0.123 e. The number of rotatable bonds is 4. The first-order chi connectivity index (χ1) is 11.1. The lowest BCUT2D eigenvalue weighted by atomic mass is 9.87. The van der Waals surface area contributed by atoms with E-state index in [0.717, 1.165) is 38.0 Å². The van der Waals surface area contributed by atoms with Gasteiger partial charge in [-0.25, -0.2) is 4.39 Å². The molecule has 0 unspecified atom stereocenters. The summed E-state index contributed by atoms with van der Waals surface area (Å²) < 4.78 is 14.3. The van der Waals surface area contributed by atoms with E-state index in [1.54, 1.807) is 12.1 Å². The number of aliphatic hydroxyl groups is 1. The molecule has 0 saturated carbocycles. The number of hydrogen-bond acceptors (Lipinski definition) is 2. The molecule has 1 N–H and O–H groups in total. The predicted molar refractivity (Wildman–Crippen MR) is 98.5 cm³/mol. The highest BCUT2D eigenvalue weighted by Crippen LogP contribution is 2.31. The first-order valence-corrected chi connectivity index (χ1v) is 9.10. The third kappa shape index (κ3) is 4.52. The number of aliphatic hydroxyl groups excluding tert-OH is 1. The van der Waals surface area contributed by atoms with E-state index in [9.17, 15) is 9.50 Å². The SMILES string of the molecule is O[C@H](c1ccc(F)cc1)C1CCN(Cc2cccc(I)c2)CC1. The Morgan fingerprint density at radius 3 is 2.48 bits per heavy atom. The zero-order valence-corrected chi connectivity index (χ0v) is 15.1. The van der Waals surface area contributed by atoms with E-state index in [1.165, 1.54) is 21.3 Å². The molecule has 2 nitrogen and oxygen atoms in total. The third-order valence-corrected chi connectivity index (χ3v) is 5.26. The van der Waals surface area contributed by atoms with Gasteiger partial charge in [-0.3, -0.25) is 4.90 Å². The Labute approximate surface area is 150 Å². The number of likely N-dealkylation sites (tertiary alicyclic amines) is 1. The van der Waals surface area contributed by atoms with Crippen LogP contribution in [0.3, 0.4) is 0 Å². The van der Waals surface area contributed by atoms with E-state index in [4.69, 9.17) is 0 Å². The molecular formula is C19H21FINO. The van der Waals surface area contributed by atoms with Crippen molar-refractivity contribution in [2.24, 2.45) is 5.92 Å². The van der Waals surface area contributed by atoms with Crippen LogP contribution in [0.2, 0.25) is 0 Å². The predicted octanol–water partition coefficient (Wildman–Crippen LogP) is 4.38. The van der Waals surface area contributed by atoms with Crippen molar-refractivity contribution >= 4 is 22.6 Å². The van der Waals surface area contributed by atoms with Gasteiger partial charge in [0, 0.05) is 10.1 Å². The molecule has 2 aromatic rings. The number of hydrogen-bond donors (Lipinski definition) is 1. The summed E-state index contributed by atoms with van der Waals surface area (Å²) in [6, 6.07) is 14.8. The third-order valence-electron chi connectivity index (χ3n) is 4.59. The quantitative estimate of drug-likeness (QED) is 0.736. The van der Waals surface area contributed by atoms with E-state index in [2.05, 4.69) is 51.8 Å². The standard InChI is InChI=1S/C19H21FINO/c20-17-6-4-15(5-7-17)19(23)16-8-10-22(11-9-16)13-14-2-1-3-18(21)12-14/h1-7,12,16,19,23H,8-11,13H2/t19-/m1/s1. The van der Waals surface area contributed by atoms with Crippen LogP contribution in [-0.2, 0) is 6.54 Å². The van der Waals surface area contributed by atoms with Crippen molar-refractivity contribution < 1.29 is 9.50 Å². The first kappa shape index (κ1) is 16.9. The molecule has 1 aliphatic heterocycles. The van der Waals surface area contributed by atoms with Gasteiger partial charge in [0.2, 0.25) is 0 Å². The highest BCUT2D eigenvalue weighted by Gasteiger charge is 2.26. The molecule has 23 heavy (non-hydrogen) atoms. The van der Waals surface area contributed by atoms with E-state index < -0.39 is 6.10 Å². The maximum Gasteiger partial charge on any atom is 0.123 e. The minimum atomic E-state index is -0.490. The normalized spacial score (nSPS) is 18.0. The van der Waals surface area contributed by atoms with Gasteiger partial charge in [-0.1, -0.05) is 24.3 Å². The summed E-state index contributed by atoms with van der Waals surface area (Å²) in [6.07, 6.45) is 1.46. The summed E-state index contributed by atoms with van der Waals surface area (Å²) in [7, 11) is 0. The second-order valence-corrected chi connectivity index (χ2v) is 7.49. The van der Waals surface area contributed by atoms with Gasteiger partial charge in [-0.05, 0) is 89.8 Å². The van der Waals surface area contributed by atoms with Crippen molar-refractivity contribution in [2.75, 3.05) is 13.1 Å². The van der Waals surface area contributed by atoms with Crippen LogP contribution < -0.4 is 0 Å². The fourth-order valence-corrected chi connectivity index (χ4v) is 3.86. The summed E-state index contributed by atoms with van der Waals surface area (Å²) in [5, 5.41) is 10.5. The van der Waals surface area contributed by atoms with E-state index in [-0.39, 0.29) is 11.7 Å². The molecule has 4 heteroatoms. The molecule has 0 aromatic heterocycles. The Morgan fingerprint density at radius 2 is 1.83 bits per heavy atom. The minimum absolute atomic E-state index is 0.256. The molecule has 0 radical (unpaired) electrons. The minimum Gasteiger partial charge on any atom is -0.388 e. The van der Waals surface area contributed by atoms with Crippen LogP contribution in [0.1, 0.15) is 30.1 Å². The molecule has 0 aliphatic carbocycles. The van der Waals surface area contributed by atoms with E-state index in [0.29, 0.717) is 0 Å². The lowest BCUT2D eigenvalue weighted by molar-refractivity contribution is 0.0567. The van der Waals surface area contributed by atoms with Gasteiger partial charge in [0.15, 0.2) is 0 Å². The zero-order valence-electron chi connectivity index (χ0n) is 13.0. The van der Waals surface area contributed by atoms with Crippen LogP contribution in [0.5, 0.6) is 0 Å². The molecular weight excluding hydrogens is 404 g/mol. The van der Waals surface area contributed by atoms with Gasteiger partial charge in [0.1, 0.15) is 5.82 Å². The lowest BCUT2D eigenvalue weighted by Crippen LogP contribution is -2.35. The molecule has 1 heterocycles. The summed E-state index contributed by atoms with van der Waals surface area (Å²) in [5.74, 6) is 0.000818. The first-order valence-electron chi connectivity index (χ1n) is 8.02. The summed E-state index contributed by atoms with van der Waals surface area (Å²) in [4.78, 5) is 2.44. The number of benzene rings is 2. The van der Waals surface area contributed by atoms with E-state index in [1.807, 2.05) is 0 Å². The van der Waals surface area contributed by atoms with Gasteiger partial charge >= 0.3 is 0 Å². The lowest BCUT2D eigenvalue weighted by Gasteiger charge is -2.34. The Morgan fingerprint density at radius 1 is 1.13 bits per heavy atom. The number of nitrogens with zero attached hydrogens (tertiary/aromatic N) is 1. The van der Waals surface area contributed by atoms with Crippen molar-refractivity contribution in [3.05, 3.63) is 69.0 Å². The Balaban J connectivity index is 1.54. The highest BCUT2D eigenvalue weighted by molar-refractivity contribution is 14.1. The molecule has 2 aromatic carbocycles. The molecule has 3 rings (SSSR count). The average Bonchev–Trinajstić information content (AvgIpc) is 2.56. The topological polar surface area (TPSA) is 23.5 Å². The second-order valence-electron chi connectivity index (χ2n) is 6.24. The van der Waals surface area contributed by atoms with E-state index >= 15 is 0 Å². The van der Waals surface area contributed by atoms with Crippen LogP contribution >= 0.6 is 22.6 Å². The molecule has 0 bridgehead atoms. The number of piperidine rings is 1. The van der Waals surface area contributed by atoms with Crippen LogP contribution in [0, 0.1) is 15.3 Å². The van der Waals surface area contributed by atoms with Crippen molar-refractivity contribution in [1.29, 1.82) is 0 Å². The molecule has 1 fully saturated rings. The van der Waals surface area contributed by atoms with Crippen molar-refractivity contribution in [3.8, 4) is 0 Å². The Kier molecular flexibility index (Phi) is 5.67. The molecule has 0 spiro atoms. The van der Waals surface area contributed by atoms with Crippen LogP contribution in [0.4, 0.5) is 4.39 Å². The van der Waals surface area contributed by atoms with Gasteiger partial charge in [0.05, 0.1) is 6.10 Å². The molecule has 1 saturated heterocycles. The largest absolute Gasteiger partial charge is 0.388 e. The average molecular weight is 425 g/mol. The summed E-state index contributed by atoms with van der Waals surface area (Å²) in [5.41, 5.74) is 2.16. The van der Waals surface area contributed by atoms with Crippen molar-refractivity contribution in [2.45, 2.75) is 25.5 Å². The van der Waals surface area contributed by atoms with Crippen LogP contribution in [-0.4, -0.2) is 23.1 Å². The molecule has 0 amide bonds. The van der Waals surface area contributed by atoms with Gasteiger partial charge in [-0.15, -0.1) is 0 Å². The molecule has 122 valence electrons. The van der Waals surface area contributed by atoms with Gasteiger partial charge in [-0.2, -0.15) is 0 Å². The summed E-state index contributed by atoms with van der Waals surface area (Å²) >= 11 is 2.34. The number of halogens is 2. The van der Waals surface area contributed by atoms with Crippen molar-refractivity contribution in [1.82, 2.24) is 4.90 Å². The molecule has 1 aliphatic rings. The fraction of sp³-hybridized carbons (Fsp3) is 0.368.